The van der Waals surface area contributed by atoms with E-state index in [1.54, 1.807) is 24.3 Å². The zero-order valence-electron chi connectivity index (χ0n) is 24.2. The van der Waals surface area contributed by atoms with Gasteiger partial charge >= 0.3 is 7.12 Å². The van der Waals surface area contributed by atoms with E-state index in [1.807, 2.05) is 42.5 Å². The molecule has 7 nitrogen and oxygen atoms in total. The number of imide groups is 1. The molecular formula is C35H36BNO6. The number of allylic oxidation sites excluding steroid dienone is 2. The number of hydrogen-bond donors (Lipinski definition) is 3. The molecule has 0 unspecified atom stereocenters. The fourth-order valence-corrected chi connectivity index (χ4v) is 7.13. The van der Waals surface area contributed by atoms with Gasteiger partial charge in [0.1, 0.15) is 5.75 Å². The van der Waals surface area contributed by atoms with Crippen molar-refractivity contribution in [1.82, 2.24) is 0 Å². The number of amides is 2. The number of anilines is 1. The number of hydrogen-bond acceptors (Lipinski definition) is 6. The van der Waals surface area contributed by atoms with Crippen LogP contribution in [-0.4, -0.2) is 46.8 Å². The SMILES string of the molecule is CCCC1=C2[C@@H](CC/C(=C/c3ccccc3O)c3ccccc3)OC[C@@H]2[C@@H]2C(=O)N(c3cccc(B(O)O)c3)C(=O)[C@@H]2C1. The van der Waals surface area contributed by atoms with Gasteiger partial charge in [-0.1, -0.05) is 79.6 Å². The molecule has 2 aliphatic heterocycles. The summed E-state index contributed by atoms with van der Waals surface area (Å²) in [7, 11) is -1.69. The number of rotatable bonds is 9. The van der Waals surface area contributed by atoms with Gasteiger partial charge in [0.25, 0.3) is 0 Å². The van der Waals surface area contributed by atoms with Crippen molar-refractivity contribution < 1.29 is 29.5 Å². The Bertz CT molecular complexity index is 1580. The molecule has 2 heterocycles. The average Bonchev–Trinajstić information content (AvgIpc) is 3.55. The Balaban J connectivity index is 1.28. The normalized spacial score (nSPS) is 23.5. The Morgan fingerprint density at radius 1 is 0.977 bits per heavy atom. The molecule has 0 saturated carbocycles. The Kier molecular flexibility index (Phi) is 8.35. The first-order valence-corrected chi connectivity index (χ1v) is 15.1. The molecule has 0 aromatic heterocycles. The standard InChI is InChI=1S/C35H36BNO6/c1-2-9-25-19-28-33(35(40)37(34(28)39)27-14-8-13-26(20-27)36(41)42)29-21-43-31(32(25)29)17-16-23(22-10-4-3-5-11-22)18-24-12-6-7-15-30(24)38/h3-8,10-15,18,20,28-29,31,33,38,41-42H,2,9,16-17,19,21H2,1H3/b23-18-/t28-,29+,31-,33-/m1/s1. The average molecular weight is 577 g/mol. The maximum atomic E-state index is 13.9. The Morgan fingerprint density at radius 3 is 2.49 bits per heavy atom. The van der Waals surface area contributed by atoms with Gasteiger partial charge in [-0.2, -0.15) is 0 Å². The molecule has 3 aromatic carbocycles. The van der Waals surface area contributed by atoms with E-state index in [0.717, 1.165) is 29.5 Å². The highest BCUT2D eigenvalue weighted by Crippen LogP contribution is 2.51. The summed E-state index contributed by atoms with van der Waals surface area (Å²) in [6.07, 6.45) is 5.61. The number of para-hydroxylation sites is 1. The highest BCUT2D eigenvalue weighted by atomic mass is 16.5. The number of phenols is 1. The predicted octanol–water partition coefficient (Wildman–Crippen LogP) is 4.71. The van der Waals surface area contributed by atoms with Crippen molar-refractivity contribution in [3.63, 3.8) is 0 Å². The number of benzene rings is 3. The van der Waals surface area contributed by atoms with Gasteiger partial charge < -0.3 is 19.9 Å². The fraction of sp³-hybridized carbons (Fsp3) is 0.314. The summed E-state index contributed by atoms with van der Waals surface area (Å²) in [6.45, 7) is 2.52. The van der Waals surface area contributed by atoms with Crippen molar-refractivity contribution in [3.8, 4) is 5.75 Å². The maximum absolute atomic E-state index is 13.9. The molecule has 0 radical (unpaired) electrons. The Hall–Kier alpha value is -3.98. The molecule has 2 fully saturated rings. The largest absolute Gasteiger partial charge is 0.507 e. The Labute approximate surface area is 252 Å². The van der Waals surface area contributed by atoms with Gasteiger partial charge in [-0.3, -0.25) is 14.5 Å². The minimum atomic E-state index is -1.69. The van der Waals surface area contributed by atoms with Gasteiger partial charge in [-0.15, -0.1) is 0 Å². The van der Waals surface area contributed by atoms with Gasteiger partial charge in [0, 0.05) is 11.5 Å². The second-order valence-electron chi connectivity index (χ2n) is 11.7. The number of nitrogens with zero attached hydrogens (tertiary/aromatic N) is 1. The van der Waals surface area contributed by atoms with Crippen LogP contribution in [0.5, 0.6) is 5.75 Å². The van der Waals surface area contributed by atoms with Crippen LogP contribution in [-0.2, 0) is 14.3 Å². The molecule has 0 bridgehead atoms. The lowest BCUT2D eigenvalue weighted by atomic mass is 9.68. The van der Waals surface area contributed by atoms with E-state index < -0.39 is 19.0 Å². The predicted molar refractivity (Wildman–Crippen MR) is 167 cm³/mol. The number of carbonyl (C=O) groups is 2. The van der Waals surface area contributed by atoms with Crippen LogP contribution in [0.1, 0.15) is 50.2 Å². The van der Waals surface area contributed by atoms with E-state index in [-0.39, 0.29) is 35.0 Å². The highest BCUT2D eigenvalue weighted by molar-refractivity contribution is 6.58. The first-order chi connectivity index (χ1) is 20.9. The summed E-state index contributed by atoms with van der Waals surface area (Å²) >= 11 is 0. The number of aromatic hydroxyl groups is 1. The van der Waals surface area contributed by atoms with Crippen LogP contribution in [0.25, 0.3) is 11.6 Å². The molecule has 8 heteroatoms. The van der Waals surface area contributed by atoms with Gasteiger partial charge in [0.15, 0.2) is 0 Å². The molecular weight excluding hydrogens is 541 g/mol. The van der Waals surface area contributed by atoms with Crippen LogP contribution >= 0.6 is 0 Å². The summed E-state index contributed by atoms with van der Waals surface area (Å²) in [6, 6.07) is 23.8. The second-order valence-corrected chi connectivity index (χ2v) is 11.7. The van der Waals surface area contributed by atoms with Gasteiger partial charge in [0.2, 0.25) is 11.8 Å². The molecule has 2 saturated heterocycles. The quantitative estimate of drug-likeness (QED) is 0.147. The fourth-order valence-electron chi connectivity index (χ4n) is 7.13. The zero-order valence-corrected chi connectivity index (χ0v) is 24.2. The third-order valence-corrected chi connectivity index (χ3v) is 9.07. The van der Waals surface area contributed by atoms with Crippen LogP contribution in [0.4, 0.5) is 5.69 Å². The lowest BCUT2D eigenvalue weighted by Crippen LogP contribution is -2.35. The molecule has 1 aliphatic carbocycles. The van der Waals surface area contributed by atoms with E-state index >= 15 is 0 Å². The van der Waals surface area contributed by atoms with Crippen molar-refractivity contribution in [2.45, 2.75) is 45.1 Å². The van der Waals surface area contributed by atoms with E-state index in [0.29, 0.717) is 31.6 Å². The molecule has 3 aromatic rings. The van der Waals surface area contributed by atoms with E-state index in [4.69, 9.17) is 4.74 Å². The molecule has 6 rings (SSSR count). The van der Waals surface area contributed by atoms with Crippen LogP contribution in [0, 0.1) is 17.8 Å². The van der Waals surface area contributed by atoms with E-state index in [1.165, 1.54) is 22.1 Å². The van der Waals surface area contributed by atoms with Crippen LogP contribution in [0.3, 0.4) is 0 Å². The first-order valence-electron chi connectivity index (χ1n) is 15.1. The monoisotopic (exact) mass is 577 g/mol. The van der Waals surface area contributed by atoms with E-state index in [2.05, 4.69) is 19.1 Å². The second kappa shape index (κ2) is 12.3. The molecule has 43 heavy (non-hydrogen) atoms. The van der Waals surface area contributed by atoms with E-state index in [9.17, 15) is 24.7 Å². The third kappa shape index (κ3) is 5.58. The number of phenolic OH excluding ortho intramolecular Hbond substituents is 1. The summed E-state index contributed by atoms with van der Waals surface area (Å²) < 4.78 is 6.44. The number of ether oxygens (including phenoxy) is 1. The molecule has 220 valence electrons. The summed E-state index contributed by atoms with van der Waals surface area (Å²) in [4.78, 5) is 28.9. The lowest BCUT2D eigenvalue weighted by Gasteiger charge is -2.32. The molecule has 0 spiro atoms. The highest BCUT2D eigenvalue weighted by Gasteiger charge is 2.57. The van der Waals surface area contributed by atoms with Crippen molar-refractivity contribution in [2.24, 2.45) is 17.8 Å². The van der Waals surface area contributed by atoms with Crippen molar-refractivity contribution in [2.75, 3.05) is 11.5 Å². The van der Waals surface area contributed by atoms with Gasteiger partial charge in [0.05, 0.1) is 30.2 Å². The third-order valence-electron chi connectivity index (χ3n) is 9.07. The van der Waals surface area contributed by atoms with Crippen molar-refractivity contribution in [3.05, 3.63) is 101 Å². The molecule has 2 amide bonds. The number of fused-ring (bicyclic) bond motifs is 3. The smallest absolute Gasteiger partial charge is 0.488 e. The topological polar surface area (TPSA) is 107 Å². The van der Waals surface area contributed by atoms with Crippen LogP contribution in [0.2, 0.25) is 0 Å². The summed E-state index contributed by atoms with van der Waals surface area (Å²) in [5.74, 6) is -1.36. The zero-order chi connectivity index (χ0) is 30.1. The molecule has 4 atom stereocenters. The van der Waals surface area contributed by atoms with Crippen LogP contribution < -0.4 is 10.4 Å². The first kappa shape index (κ1) is 29.1. The minimum absolute atomic E-state index is 0.159. The minimum Gasteiger partial charge on any atom is -0.507 e. The van der Waals surface area contributed by atoms with Crippen LogP contribution in [0.15, 0.2) is 90.0 Å². The summed E-state index contributed by atoms with van der Waals surface area (Å²) in [5.41, 5.74) is 5.93. The van der Waals surface area contributed by atoms with Gasteiger partial charge in [-0.05, 0) is 72.1 Å². The summed E-state index contributed by atoms with van der Waals surface area (Å²) in [5, 5.41) is 29.8. The molecule has 3 aliphatic rings. The molecule has 3 N–H and O–H groups in total. The Morgan fingerprint density at radius 2 is 1.74 bits per heavy atom. The van der Waals surface area contributed by atoms with Crippen molar-refractivity contribution in [1.29, 1.82) is 0 Å². The lowest BCUT2D eigenvalue weighted by molar-refractivity contribution is -0.122. The maximum Gasteiger partial charge on any atom is 0.488 e. The number of carbonyl (C=O) groups excluding carboxylic acids is 2. The van der Waals surface area contributed by atoms with Crippen molar-refractivity contribution >= 4 is 41.7 Å². The van der Waals surface area contributed by atoms with Gasteiger partial charge in [-0.25, -0.2) is 0 Å².